The molecule has 0 rings (SSSR count). The molecule has 0 fully saturated rings. The van der Waals surface area contributed by atoms with E-state index in [1.54, 1.807) is 0 Å². The van der Waals surface area contributed by atoms with Gasteiger partial charge in [0.2, 0.25) is 5.91 Å². The number of unbranched alkanes of at least 4 members (excludes halogenated alkanes) is 28. The Kier molecular flexibility index (Phi) is 45.6. The van der Waals surface area contributed by atoms with Gasteiger partial charge in [-0.2, -0.15) is 0 Å². The first kappa shape index (κ1) is 57.1. The van der Waals surface area contributed by atoms with Crippen LogP contribution in [0.5, 0.6) is 0 Å². The Morgan fingerprint density at radius 2 is 0.915 bits per heavy atom. The maximum atomic E-state index is 13.2. The van der Waals surface area contributed by atoms with E-state index >= 15 is 0 Å². The van der Waals surface area contributed by atoms with Crippen LogP contribution in [0.3, 0.4) is 0 Å². The van der Waals surface area contributed by atoms with Gasteiger partial charge in [0.15, 0.2) is 0 Å². The molecule has 0 spiro atoms. The van der Waals surface area contributed by atoms with E-state index in [1.807, 2.05) is 0 Å². The number of hydrogen-bond donors (Lipinski definition) is 3. The molecule has 0 aromatic heterocycles. The van der Waals surface area contributed by atoms with Crippen LogP contribution in [0.2, 0.25) is 0 Å². The molecule has 6 heteroatoms. The zero-order valence-corrected chi connectivity index (χ0v) is 39.4. The third-order valence-corrected chi connectivity index (χ3v) is 11.7. The summed E-state index contributed by atoms with van der Waals surface area (Å²) >= 11 is 0. The third-order valence-electron chi connectivity index (χ3n) is 11.7. The maximum Gasteiger partial charge on any atom is 0.306 e. The molecule has 0 saturated carbocycles. The quantitative estimate of drug-likeness (QED) is 0.0323. The van der Waals surface area contributed by atoms with Gasteiger partial charge in [0.1, 0.15) is 6.10 Å². The van der Waals surface area contributed by atoms with Crippen molar-refractivity contribution in [3.63, 3.8) is 0 Å². The lowest BCUT2D eigenvalue weighted by molar-refractivity contribution is -0.151. The number of carbonyl (C=O) groups excluding carboxylic acids is 2. The second-order valence-corrected chi connectivity index (χ2v) is 17.5. The number of amides is 1. The maximum absolute atomic E-state index is 13.2. The number of rotatable bonds is 46. The first-order valence-electron chi connectivity index (χ1n) is 25.7. The number of aliphatic hydroxyl groups is 2. The summed E-state index contributed by atoms with van der Waals surface area (Å²) in [6.45, 7) is 6.37. The second-order valence-electron chi connectivity index (χ2n) is 17.5. The van der Waals surface area contributed by atoms with Gasteiger partial charge in [-0.25, -0.2) is 0 Å². The Morgan fingerprint density at radius 1 is 0.508 bits per heavy atom. The van der Waals surface area contributed by atoms with E-state index in [4.69, 9.17) is 4.74 Å². The number of hydrogen-bond acceptors (Lipinski definition) is 5. The predicted molar refractivity (Wildman–Crippen MR) is 255 cm³/mol. The fraction of sp³-hybridized carbons (Fsp3) is 0.849. The Bertz CT molecular complexity index is 977. The van der Waals surface area contributed by atoms with Crippen molar-refractivity contribution in [2.45, 2.75) is 283 Å². The Morgan fingerprint density at radius 3 is 1.39 bits per heavy atom. The molecule has 3 atom stereocenters. The van der Waals surface area contributed by atoms with Crippen LogP contribution in [0.25, 0.3) is 0 Å². The molecule has 1 amide bonds. The average Bonchev–Trinajstić information content (AvgIpc) is 3.23. The van der Waals surface area contributed by atoms with Crippen LogP contribution in [-0.4, -0.2) is 46.9 Å². The minimum atomic E-state index is -0.788. The van der Waals surface area contributed by atoms with Crippen molar-refractivity contribution in [1.82, 2.24) is 5.32 Å². The lowest BCUT2D eigenvalue weighted by atomic mass is 10.0. The number of aliphatic hydroxyl groups excluding tert-OH is 2. The summed E-state index contributed by atoms with van der Waals surface area (Å²) < 4.78 is 5.91. The molecule has 59 heavy (non-hydrogen) atoms. The summed E-state index contributed by atoms with van der Waals surface area (Å²) in [5.41, 5.74) is 0. The van der Waals surface area contributed by atoms with E-state index in [0.29, 0.717) is 19.3 Å². The average molecular weight is 830 g/mol. The molecule has 0 heterocycles. The Labute approximate surface area is 366 Å². The number of nitrogens with one attached hydrogen (secondary N) is 1. The summed E-state index contributed by atoms with van der Waals surface area (Å²) in [5, 5.41) is 23.8. The number of allylic oxidation sites excluding steroid dienone is 6. The van der Waals surface area contributed by atoms with E-state index in [-0.39, 0.29) is 24.9 Å². The topological polar surface area (TPSA) is 95.9 Å². The summed E-state index contributed by atoms with van der Waals surface area (Å²) in [6.07, 6.45) is 54.9. The van der Waals surface area contributed by atoms with Crippen LogP contribution in [0.1, 0.15) is 265 Å². The van der Waals surface area contributed by atoms with E-state index in [1.165, 1.54) is 141 Å². The SMILES string of the molecule is CC/C=C/C/C=C/C/C=C/CCCCCCC(=O)OC(CCCCCCCCCCCC)CC(=O)NC(CO)C(O)CCCCCCCCCCCCCCCCCC. The molecule has 3 unspecified atom stereocenters. The minimum Gasteiger partial charge on any atom is -0.462 e. The molecule has 3 N–H and O–H groups in total. The van der Waals surface area contributed by atoms with E-state index in [9.17, 15) is 19.8 Å². The molecule has 6 nitrogen and oxygen atoms in total. The molecule has 0 aliphatic heterocycles. The first-order chi connectivity index (χ1) is 29.0. The smallest absolute Gasteiger partial charge is 0.306 e. The van der Waals surface area contributed by atoms with Gasteiger partial charge in [0.05, 0.1) is 25.2 Å². The number of carbonyl (C=O) groups is 2. The third kappa shape index (κ3) is 42.6. The number of ether oxygens (including phenoxy) is 1. The van der Waals surface area contributed by atoms with Crippen molar-refractivity contribution in [2.75, 3.05) is 6.61 Å². The standard InChI is InChI=1S/C53H99NO5/c1-4-7-10-13-16-19-22-24-26-27-28-30-33-36-39-42-45-51(56)50(48-55)54-52(57)47-49(44-41-38-35-32-21-18-15-12-9-6-3)59-53(58)46-43-40-37-34-31-29-25-23-20-17-14-11-8-5-2/h8,11,17,20,25,29,49-51,55-56H,4-7,9-10,12-16,18-19,21-24,26-28,30-48H2,1-3H3,(H,54,57)/b11-8+,20-17+,29-25+. The van der Waals surface area contributed by atoms with Crippen molar-refractivity contribution in [2.24, 2.45) is 0 Å². The molecule has 346 valence electrons. The molecule has 0 aliphatic rings. The normalized spacial score (nSPS) is 13.5. The largest absolute Gasteiger partial charge is 0.462 e. The Hall–Kier alpha value is -1.92. The van der Waals surface area contributed by atoms with Crippen molar-refractivity contribution in [1.29, 1.82) is 0 Å². The van der Waals surface area contributed by atoms with Gasteiger partial charge in [-0.1, -0.05) is 231 Å². The van der Waals surface area contributed by atoms with Crippen molar-refractivity contribution < 1.29 is 24.5 Å². The molecule has 0 aliphatic carbocycles. The minimum absolute atomic E-state index is 0.0718. The van der Waals surface area contributed by atoms with Crippen LogP contribution in [0.4, 0.5) is 0 Å². The van der Waals surface area contributed by atoms with Gasteiger partial charge in [0.25, 0.3) is 0 Å². The van der Waals surface area contributed by atoms with Crippen LogP contribution in [0.15, 0.2) is 36.5 Å². The van der Waals surface area contributed by atoms with Crippen molar-refractivity contribution in [3.05, 3.63) is 36.5 Å². The molecule has 0 radical (unpaired) electrons. The van der Waals surface area contributed by atoms with Crippen molar-refractivity contribution in [3.8, 4) is 0 Å². The molecule has 0 aromatic carbocycles. The number of esters is 1. The van der Waals surface area contributed by atoms with Gasteiger partial charge >= 0.3 is 5.97 Å². The Balaban J connectivity index is 4.48. The van der Waals surface area contributed by atoms with Crippen LogP contribution in [-0.2, 0) is 14.3 Å². The van der Waals surface area contributed by atoms with Gasteiger partial charge in [-0.3, -0.25) is 9.59 Å². The molecular formula is C53H99NO5. The first-order valence-corrected chi connectivity index (χ1v) is 25.7. The van der Waals surface area contributed by atoms with E-state index in [2.05, 4.69) is 62.5 Å². The molecule has 0 saturated heterocycles. The fourth-order valence-corrected chi connectivity index (χ4v) is 7.86. The lowest BCUT2D eigenvalue weighted by Gasteiger charge is -2.24. The second kappa shape index (κ2) is 47.1. The van der Waals surface area contributed by atoms with Crippen LogP contribution < -0.4 is 5.32 Å². The zero-order valence-electron chi connectivity index (χ0n) is 39.4. The van der Waals surface area contributed by atoms with Gasteiger partial charge in [0, 0.05) is 6.42 Å². The van der Waals surface area contributed by atoms with Crippen molar-refractivity contribution >= 4 is 11.9 Å². The fourth-order valence-electron chi connectivity index (χ4n) is 7.86. The van der Waals surface area contributed by atoms with Gasteiger partial charge < -0.3 is 20.3 Å². The zero-order chi connectivity index (χ0) is 43.1. The highest BCUT2D eigenvalue weighted by molar-refractivity contribution is 5.77. The summed E-state index contributed by atoms with van der Waals surface area (Å²) in [5.74, 6) is -0.491. The highest BCUT2D eigenvalue weighted by Gasteiger charge is 2.24. The molecular weight excluding hydrogens is 731 g/mol. The van der Waals surface area contributed by atoms with Crippen LogP contribution >= 0.6 is 0 Å². The molecule has 0 bridgehead atoms. The lowest BCUT2D eigenvalue weighted by Crippen LogP contribution is -2.46. The van der Waals surface area contributed by atoms with Gasteiger partial charge in [-0.15, -0.1) is 0 Å². The highest BCUT2D eigenvalue weighted by Crippen LogP contribution is 2.18. The van der Waals surface area contributed by atoms with Crippen LogP contribution in [0, 0.1) is 0 Å². The molecule has 0 aromatic rings. The summed E-state index contributed by atoms with van der Waals surface area (Å²) in [4.78, 5) is 26.1. The van der Waals surface area contributed by atoms with E-state index < -0.39 is 18.2 Å². The van der Waals surface area contributed by atoms with E-state index in [0.717, 1.165) is 77.0 Å². The highest BCUT2D eigenvalue weighted by atomic mass is 16.5. The van der Waals surface area contributed by atoms with Gasteiger partial charge in [-0.05, 0) is 57.8 Å². The predicted octanol–water partition coefficient (Wildman–Crippen LogP) is 15.3. The summed E-state index contributed by atoms with van der Waals surface area (Å²) in [7, 11) is 0. The monoisotopic (exact) mass is 830 g/mol. The summed E-state index contributed by atoms with van der Waals surface area (Å²) in [6, 6.07) is -0.702.